The first-order valence-electron chi connectivity index (χ1n) is 8.46. The van der Waals surface area contributed by atoms with Gasteiger partial charge in [0.25, 0.3) is 0 Å². The number of hydrogen-bond acceptors (Lipinski definition) is 3. The Balaban J connectivity index is 1.56. The number of nitrogens with one attached hydrogen (secondary N) is 1. The molecule has 1 fully saturated rings. The highest BCUT2D eigenvalue weighted by Gasteiger charge is 2.34. The highest BCUT2D eigenvalue weighted by atomic mass is 16.3. The average Bonchev–Trinajstić information content (AvgIpc) is 3.12. The molecule has 1 aromatic heterocycles. The van der Waals surface area contributed by atoms with Crippen molar-refractivity contribution in [2.75, 3.05) is 13.1 Å². The number of carbonyl (C=O) groups is 2. The molecule has 2 heterocycles. The summed E-state index contributed by atoms with van der Waals surface area (Å²) in [7, 11) is 0. The summed E-state index contributed by atoms with van der Waals surface area (Å²) in [6.45, 7) is 5.75. The van der Waals surface area contributed by atoms with Gasteiger partial charge in [-0.25, -0.2) is 4.79 Å². The van der Waals surface area contributed by atoms with Crippen LogP contribution in [0, 0.1) is 6.92 Å². The van der Waals surface area contributed by atoms with E-state index < -0.39 is 6.04 Å². The fraction of sp³-hybridized carbons (Fsp3) is 0.368. The summed E-state index contributed by atoms with van der Waals surface area (Å²) in [4.78, 5) is 28.4. The van der Waals surface area contributed by atoms with E-state index in [9.17, 15) is 9.59 Å². The monoisotopic (exact) mass is 341 g/mol. The standard InChI is InChI=1S/C19H23N3O3/c1-14-5-7-16(8-6-14)13-21-9-10-22(15(2)18(21)23)19(24)20-12-17-4-3-11-25-17/h3-8,11,15H,9-10,12-13H2,1-2H3,(H,20,24)/t15-/m0/s1. The lowest BCUT2D eigenvalue weighted by Crippen LogP contribution is -2.59. The van der Waals surface area contributed by atoms with Gasteiger partial charge in [-0.1, -0.05) is 29.8 Å². The zero-order chi connectivity index (χ0) is 17.8. The first kappa shape index (κ1) is 17.1. The van der Waals surface area contributed by atoms with E-state index in [0.717, 1.165) is 5.56 Å². The molecular weight excluding hydrogens is 318 g/mol. The molecule has 2 aromatic rings. The molecule has 0 unspecified atom stereocenters. The number of benzene rings is 1. The van der Waals surface area contributed by atoms with Crippen LogP contribution in [0.5, 0.6) is 0 Å². The van der Waals surface area contributed by atoms with Crippen LogP contribution in [0.4, 0.5) is 4.79 Å². The number of rotatable bonds is 4. The van der Waals surface area contributed by atoms with Gasteiger partial charge in [0, 0.05) is 19.6 Å². The van der Waals surface area contributed by atoms with Gasteiger partial charge in [0.15, 0.2) is 0 Å². The number of hydrogen-bond donors (Lipinski definition) is 1. The molecule has 3 amide bonds. The van der Waals surface area contributed by atoms with E-state index in [0.29, 0.717) is 31.9 Å². The van der Waals surface area contributed by atoms with Gasteiger partial charge in [-0.15, -0.1) is 0 Å². The molecule has 132 valence electrons. The molecule has 3 rings (SSSR count). The fourth-order valence-electron chi connectivity index (χ4n) is 2.96. The third kappa shape index (κ3) is 4.02. The van der Waals surface area contributed by atoms with E-state index >= 15 is 0 Å². The highest BCUT2D eigenvalue weighted by Crippen LogP contribution is 2.15. The Morgan fingerprint density at radius 3 is 2.68 bits per heavy atom. The van der Waals surface area contributed by atoms with Crippen molar-refractivity contribution >= 4 is 11.9 Å². The first-order valence-corrected chi connectivity index (χ1v) is 8.46. The van der Waals surface area contributed by atoms with Crippen LogP contribution in [0.25, 0.3) is 0 Å². The topological polar surface area (TPSA) is 65.8 Å². The molecule has 1 aliphatic rings. The second kappa shape index (κ2) is 7.42. The summed E-state index contributed by atoms with van der Waals surface area (Å²) in [5.74, 6) is 0.658. The Hall–Kier alpha value is -2.76. The normalized spacial score (nSPS) is 17.7. The molecule has 1 atom stereocenters. The third-order valence-corrected chi connectivity index (χ3v) is 4.50. The zero-order valence-electron chi connectivity index (χ0n) is 14.6. The number of furan rings is 1. The Labute approximate surface area is 147 Å². The van der Waals surface area contributed by atoms with E-state index in [2.05, 4.69) is 5.32 Å². The van der Waals surface area contributed by atoms with E-state index in [1.165, 1.54) is 5.56 Å². The van der Waals surface area contributed by atoms with Crippen molar-refractivity contribution in [1.29, 1.82) is 0 Å². The molecule has 1 aromatic carbocycles. The molecule has 0 radical (unpaired) electrons. The van der Waals surface area contributed by atoms with Gasteiger partial charge in [0.2, 0.25) is 5.91 Å². The number of piperazine rings is 1. The predicted octanol–water partition coefficient (Wildman–Crippen LogP) is 2.53. The number of urea groups is 1. The lowest BCUT2D eigenvalue weighted by molar-refractivity contribution is -0.139. The molecule has 1 aliphatic heterocycles. The van der Waals surface area contributed by atoms with Gasteiger partial charge >= 0.3 is 6.03 Å². The molecule has 0 saturated carbocycles. The second-order valence-electron chi connectivity index (χ2n) is 6.35. The average molecular weight is 341 g/mol. The number of nitrogens with zero attached hydrogens (tertiary/aromatic N) is 2. The van der Waals surface area contributed by atoms with E-state index in [1.54, 1.807) is 30.2 Å². The lowest BCUT2D eigenvalue weighted by atomic mass is 10.1. The summed E-state index contributed by atoms with van der Waals surface area (Å²) < 4.78 is 5.20. The van der Waals surface area contributed by atoms with Crippen LogP contribution in [0.15, 0.2) is 47.1 Å². The lowest BCUT2D eigenvalue weighted by Gasteiger charge is -2.39. The highest BCUT2D eigenvalue weighted by molar-refractivity contribution is 5.88. The van der Waals surface area contributed by atoms with Crippen molar-refractivity contribution in [3.63, 3.8) is 0 Å². The van der Waals surface area contributed by atoms with Crippen LogP contribution in [-0.2, 0) is 17.9 Å². The molecule has 0 spiro atoms. The number of amides is 3. The molecular formula is C19H23N3O3. The Kier molecular flexibility index (Phi) is 5.07. The van der Waals surface area contributed by atoms with Gasteiger partial charge in [-0.3, -0.25) is 4.79 Å². The fourth-order valence-corrected chi connectivity index (χ4v) is 2.96. The van der Waals surface area contributed by atoms with Crippen LogP contribution < -0.4 is 5.32 Å². The maximum Gasteiger partial charge on any atom is 0.318 e. The van der Waals surface area contributed by atoms with E-state index in [1.807, 2.05) is 36.1 Å². The SMILES string of the molecule is Cc1ccc(CN2CCN(C(=O)NCc3ccco3)[C@@H](C)C2=O)cc1. The number of aryl methyl sites for hydroxylation is 1. The van der Waals surface area contributed by atoms with Crippen molar-refractivity contribution in [1.82, 2.24) is 15.1 Å². The summed E-state index contributed by atoms with van der Waals surface area (Å²) in [6.07, 6.45) is 1.57. The molecule has 6 heteroatoms. The Bertz CT molecular complexity index is 725. The molecule has 6 nitrogen and oxygen atoms in total. The quantitative estimate of drug-likeness (QED) is 0.929. The van der Waals surface area contributed by atoms with Crippen molar-refractivity contribution < 1.29 is 14.0 Å². The molecule has 0 aliphatic carbocycles. The Morgan fingerprint density at radius 2 is 2.00 bits per heavy atom. The smallest absolute Gasteiger partial charge is 0.318 e. The van der Waals surface area contributed by atoms with Crippen LogP contribution >= 0.6 is 0 Å². The van der Waals surface area contributed by atoms with Crippen molar-refractivity contribution in [3.8, 4) is 0 Å². The van der Waals surface area contributed by atoms with Gasteiger partial charge in [-0.2, -0.15) is 0 Å². The zero-order valence-corrected chi connectivity index (χ0v) is 14.6. The van der Waals surface area contributed by atoms with Crippen LogP contribution in [0.3, 0.4) is 0 Å². The minimum Gasteiger partial charge on any atom is -0.467 e. The maximum absolute atomic E-state index is 12.6. The first-order chi connectivity index (χ1) is 12.0. The summed E-state index contributed by atoms with van der Waals surface area (Å²) in [6, 6.07) is 11.0. The molecule has 1 N–H and O–H groups in total. The minimum absolute atomic E-state index is 0.0278. The van der Waals surface area contributed by atoms with Crippen LogP contribution in [-0.4, -0.2) is 40.9 Å². The number of carbonyl (C=O) groups excluding carboxylic acids is 2. The van der Waals surface area contributed by atoms with Gasteiger partial charge in [-0.05, 0) is 31.5 Å². The largest absolute Gasteiger partial charge is 0.467 e. The second-order valence-corrected chi connectivity index (χ2v) is 6.35. The summed E-state index contributed by atoms with van der Waals surface area (Å²) in [5.41, 5.74) is 2.29. The maximum atomic E-state index is 12.6. The minimum atomic E-state index is -0.476. The van der Waals surface area contributed by atoms with Gasteiger partial charge in [0.1, 0.15) is 11.8 Å². The predicted molar refractivity (Wildman–Crippen MR) is 93.7 cm³/mol. The van der Waals surface area contributed by atoms with Crippen LogP contribution in [0.2, 0.25) is 0 Å². The molecule has 25 heavy (non-hydrogen) atoms. The van der Waals surface area contributed by atoms with Crippen molar-refractivity contribution in [2.45, 2.75) is 33.0 Å². The van der Waals surface area contributed by atoms with Gasteiger partial charge in [0.05, 0.1) is 12.8 Å². The Morgan fingerprint density at radius 1 is 1.24 bits per heavy atom. The van der Waals surface area contributed by atoms with E-state index in [-0.39, 0.29) is 11.9 Å². The van der Waals surface area contributed by atoms with E-state index in [4.69, 9.17) is 4.42 Å². The summed E-state index contributed by atoms with van der Waals surface area (Å²) in [5, 5.41) is 2.80. The molecule has 1 saturated heterocycles. The summed E-state index contributed by atoms with van der Waals surface area (Å²) >= 11 is 0. The van der Waals surface area contributed by atoms with Crippen LogP contribution in [0.1, 0.15) is 23.8 Å². The van der Waals surface area contributed by atoms with Crippen molar-refractivity contribution in [2.24, 2.45) is 0 Å². The third-order valence-electron chi connectivity index (χ3n) is 4.50. The molecule has 0 bridgehead atoms. The van der Waals surface area contributed by atoms with Crippen molar-refractivity contribution in [3.05, 3.63) is 59.5 Å². The van der Waals surface area contributed by atoms with Gasteiger partial charge < -0.3 is 19.5 Å².